The number of H-pyrrole nitrogens is 3. The lowest BCUT2D eigenvalue weighted by atomic mass is 9.93. The van der Waals surface area contributed by atoms with E-state index >= 15 is 0 Å². The number of aromatic amines is 3. The van der Waals surface area contributed by atoms with Gasteiger partial charge in [0.15, 0.2) is 16.7 Å². The van der Waals surface area contributed by atoms with E-state index in [4.69, 9.17) is 136 Å². The van der Waals surface area contributed by atoms with Crippen molar-refractivity contribution in [2.45, 2.75) is 178 Å². The molecule has 0 bridgehead atoms. The number of imidazole rings is 2. The third-order valence-electron chi connectivity index (χ3n) is 22.3. The van der Waals surface area contributed by atoms with Crippen LogP contribution in [0.3, 0.4) is 0 Å². The molecule has 144 heavy (non-hydrogen) atoms. The van der Waals surface area contributed by atoms with E-state index in [1.54, 1.807) is 68.3 Å². The maximum Gasteiger partial charge on any atom is 0.478 e. The lowest BCUT2D eigenvalue weighted by Gasteiger charge is -2.27. The minimum Gasteiger partial charge on any atom is -0.369 e. The van der Waals surface area contributed by atoms with Gasteiger partial charge in [0, 0.05) is 101 Å². The third-order valence-corrected chi connectivity index (χ3v) is 39.1. The van der Waals surface area contributed by atoms with Crippen molar-refractivity contribution in [3.05, 3.63) is 136 Å². The number of hydrogen-bond donors (Lipinski definition) is 10. The maximum absolute atomic E-state index is 14.0. The molecule has 7 aromatic rings. The molecule has 0 radical (unpaired) electrons. The standard InChI is InChI=1S/C82H103N22O28P5S7/c1-10-51-33-65(101-25-20-64(91-50(4)105)92-81(101)112)125-59(51)39-123-137(142,144-31-30-143-78(111)52-18-12-11-13-19-52)132-55-34-54(53-32-48(2)73(106)95-75(53)108)124-60(55)40-120-134(139,116-27-15-22-84)131-58-37-68(104-47-88-70-72(104)94-80(97-77(70)110)90-45-100(7)8)128-63(58)43-122-135(140,117-28-16-23-85)129-56-35-66(102-38-49(3)74(107)98-82(102)113)126-62(56)42-121-136(141,118-29-17-24-86)130-57-36-67(127-61(57)41-119-133(138,114-9)115-26-14-21-83)103-46-87-69-71(103)93-79(96-76(69)109)89-44-99(5)6/h11-13,18-20,25,32,38,44-47,51,53-63,65-68,138-142H,10,14-17,26-31,33-37,39-43H2,1-9H3/p+5/t51-,53?,54-,55-,56-,57-,58-,59?,60?,61?,62?,63?,65-,66-,67-,68-,133?,134?,135?,136?,137?/m1/s1. The zero-order valence-corrected chi connectivity index (χ0v) is 89.5. The fraction of sp³-hybridized carbons (Fsp3) is 0.561. The summed E-state index contributed by atoms with van der Waals surface area (Å²) in [5, 5.41) is 44.3. The molecule has 21 atom stereocenters. The van der Waals surface area contributed by atoms with Crippen molar-refractivity contribution in [1.29, 1.82) is 21.0 Å². The summed E-state index contributed by atoms with van der Waals surface area (Å²) in [7, 11) is -8.17. The number of aromatic nitrogens is 12. The Labute approximate surface area is 861 Å². The van der Waals surface area contributed by atoms with Gasteiger partial charge in [0.1, 0.15) is 145 Å². The van der Waals surface area contributed by atoms with Crippen molar-refractivity contribution < 1.29 is 106 Å². The van der Waals surface area contributed by atoms with Crippen LogP contribution in [-0.2, 0) is 101 Å². The molecule has 5 N–H and O–H groups in total. The zero-order chi connectivity index (χ0) is 103. The molecule has 6 aliphatic rings. The molecular formula is C82H108N22O28P5S7+5. The number of thioether (sulfide) groups is 1. The van der Waals surface area contributed by atoms with Gasteiger partial charge in [0.05, 0.1) is 173 Å². The number of nitrogens with zero attached hydrogens (tertiary/aromatic N) is 17. The summed E-state index contributed by atoms with van der Waals surface area (Å²) in [4.78, 5) is 162. The number of fused-ring (bicyclic) bond motifs is 2. The second-order valence-corrected chi connectivity index (χ2v) is 53.6. The molecule has 0 saturated carbocycles. The van der Waals surface area contributed by atoms with Gasteiger partial charge in [-0.05, 0) is 32.3 Å². The van der Waals surface area contributed by atoms with Gasteiger partial charge >= 0.3 is 51.6 Å². The molecule has 6 aromatic heterocycles. The average Bonchev–Trinajstić information content (AvgIpc) is 1.65. The highest BCUT2D eigenvalue weighted by atomic mass is 33.1. The van der Waals surface area contributed by atoms with Crippen molar-refractivity contribution in [3.63, 3.8) is 0 Å². The van der Waals surface area contributed by atoms with Crippen LogP contribution >= 0.6 is 119 Å². The van der Waals surface area contributed by atoms with Crippen LogP contribution in [0.4, 0.5) is 17.7 Å². The largest absolute Gasteiger partial charge is 0.478 e. The number of aryl methyl sites for hydroxylation is 1. The van der Waals surface area contributed by atoms with Crippen LogP contribution in [0.15, 0.2) is 107 Å². The van der Waals surface area contributed by atoms with Crippen molar-refractivity contribution >= 4 is 195 Å². The Kier molecular flexibility index (Phi) is 41.0. The molecule has 1 aromatic carbocycles. The fourth-order valence-corrected chi connectivity index (χ4v) is 29.5. The molecule has 12 heterocycles. The van der Waals surface area contributed by atoms with E-state index in [9.17, 15) is 64.2 Å². The Hall–Kier alpha value is -7.76. The SMILES string of the molecule is CC[C@@H]1C[C@H](n2ccc(NC(C)=O)nc2=O)OC1CO[P+](S)(O[C@@H]1C[C@H](C2C=C(C)C(=O)NC2=O)OC1CO[P+](S)(OCCC#N)O[C@@H]1C[C@H](n2cnc3c(=O)nc(N=CN(C)C)[nH]c32)OC1CO[P+](S)(OCCC#N)O[C@@H]1C[C@H](n2cc(C)c(=O)[nH]c2=O)OC1CO[P+](S)(OCCC#N)O[C@@H]1C[C@H](n2cnc3c(=O)[nH]c(N=CN(C)C)nc32)OC1CO[P+](S)(OC)OCCC#N)SCCSC(=O)c1ccccc1. The van der Waals surface area contributed by atoms with Gasteiger partial charge in [-0.25, -0.2) is 29.5 Å². The number of benzene rings is 1. The van der Waals surface area contributed by atoms with Gasteiger partial charge in [0.2, 0.25) is 28.8 Å². The predicted molar refractivity (Wildman–Crippen MR) is 547 cm³/mol. The monoisotopic (exact) mass is 2230 g/mol. The number of carbonyl (C=O) groups excluding carboxylic acids is 4. The molecule has 0 aliphatic carbocycles. The predicted octanol–water partition coefficient (Wildman–Crippen LogP) is 10.7. The summed E-state index contributed by atoms with van der Waals surface area (Å²) in [6, 6.07) is 18.3. The molecule has 13 rings (SSSR count). The van der Waals surface area contributed by atoms with Crippen LogP contribution in [0.1, 0.15) is 126 Å². The smallest absolute Gasteiger partial charge is 0.369 e. The molecule has 5 saturated heterocycles. The van der Waals surface area contributed by atoms with Crippen LogP contribution in [0, 0.1) is 64.1 Å². The number of aliphatic imine (C=N–C) groups is 2. The zero-order valence-electron chi connectivity index (χ0n) is 78.9. The molecule has 6 aliphatic heterocycles. The molecule has 62 heteroatoms. The first-order chi connectivity index (χ1) is 68.8. The van der Waals surface area contributed by atoms with E-state index in [1.165, 1.54) is 103 Å². The van der Waals surface area contributed by atoms with Crippen LogP contribution < -0.4 is 38.7 Å². The minimum atomic E-state index is -4.34. The van der Waals surface area contributed by atoms with E-state index in [-0.39, 0.29) is 158 Å². The third kappa shape index (κ3) is 30.3. The van der Waals surface area contributed by atoms with Crippen LogP contribution in [0.5, 0.6) is 0 Å². The normalized spacial score (nSPS) is 25.4. The van der Waals surface area contributed by atoms with Crippen LogP contribution in [0.2, 0.25) is 0 Å². The van der Waals surface area contributed by atoms with Crippen LogP contribution in [0.25, 0.3) is 22.3 Å². The first-order valence-electron chi connectivity index (χ1n) is 44.7. The second-order valence-electron chi connectivity index (χ2n) is 33.2. The number of amides is 3. The Bertz CT molecular complexity index is 6300. The summed E-state index contributed by atoms with van der Waals surface area (Å²) >= 11 is 27.3. The van der Waals surface area contributed by atoms with E-state index in [1.807, 2.05) is 25.1 Å². The number of nitrogens with one attached hydrogen (secondary N) is 5. The number of ether oxygens (including phenoxy) is 5. The topological polar surface area (TPSA) is 611 Å². The van der Waals surface area contributed by atoms with Gasteiger partial charge in [-0.3, -0.25) is 67.1 Å². The summed E-state index contributed by atoms with van der Waals surface area (Å²) < 4.78 is 131. The summed E-state index contributed by atoms with van der Waals surface area (Å²) in [6.45, 7) is 2.70. The number of nitriles is 4. The number of thiol groups is 5. The summed E-state index contributed by atoms with van der Waals surface area (Å²) in [5.74, 6) is -2.69. The van der Waals surface area contributed by atoms with Crippen molar-refractivity contribution in [3.8, 4) is 24.3 Å². The lowest BCUT2D eigenvalue weighted by molar-refractivity contribution is -0.134. The number of rotatable bonds is 52. The Morgan fingerprint density at radius 2 is 1.08 bits per heavy atom. The van der Waals surface area contributed by atoms with Gasteiger partial charge in [-0.15, -0.1) is 0 Å². The second kappa shape index (κ2) is 52.1. The number of carbonyl (C=O) groups is 4. The highest BCUT2D eigenvalue weighted by Crippen LogP contribution is 2.78. The van der Waals surface area contributed by atoms with Gasteiger partial charge < -0.3 is 43.8 Å². The van der Waals surface area contributed by atoms with Crippen molar-refractivity contribution in [2.24, 2.45) is 21.8 Å². The van der Waals surface area contributed by atoms with Crippen molar-refractivity contribution in [1.82, 2.24) is 73.3 Å². The number of anilines is 1. The molecule has 11 unspecified atom stereocenters. The minimum absolute atomic E-state index is 0.0461. The van der Waals surface area contributed by atoms with Gasteiger partial charge in [-0.1, -0.05) is 61.5 Å². The molecule has 0 spiro atoms. The number of hydrogen-bond acceptors (Lipinski definition) is 46. The molecule has 5 fully saturated rings. The molecule has 3 amide bonds. The summed E-state index contributed by atoms with van der Waals surface area (Å²) in [5.41, 5.74) is -2.93. The summed E-state index contributed by atoms with van der Waals surface area (Å²) in [6.07, 6.45) is -10.6. The molecular weight excluding hydrogens is 2120 g/mol. The Morgan fingerprint density at radius 3 is 1.62 bits per heavy atom. The highest BCUT2D eigenvalue weighted by Gasteiger charge is 2.61. The first kappa shape index (κ1) is 113. The number of imide groups is 1. The van der Waals surface area contributed by atoms with Crippen molar-refractivity contribution in [2.75, 3.05) is 112 Å². The van der Waals surface area contributed by atoms with E-state index in [0.717, 1.165) is 16.3 Å². The van der Waals surface area contributed by atoms with Gasteiger partial charge in [-0.2, -0.15) is 99.3 Å². The van der Waals surface area contributed by atoms with E-state index in [2.05, 4.69) is 78.8 Å². The maximum atomic E-state index is 14.0. The fourth-order valence-electron chi connectivity index (χ4n) is 15.4. The highest BCUT2D eigenvalue weighted by molar-refractivity contribution is 8.87. The van der Waals surface area contributed by atoms with Gasteiger partial charge in [0.25, 0.3) is 17.0 Å². The Morgan fingerprint density at radius 1 is 0.576 bits per heavy atom. The molecule has 776 valence electrons. The quantitative estimate of drug-likeness (QED) is 0.00423. The molecule has 50 nitrogen and oxygen atoms in total. The van der Waals surface area contributed by atoms with E-state index < -0.39 is 199 Å². The van der Waals surface area contributed by atoms with E-state index in [0.29, 0.717) is 18.4 Å². The Balaban J connectivity index is 0.815. The first-order valence-corrected chi connectivity index (χ1v) is 60.9. The van der Waals surface area contributed by atoms with Crippen LogP contribution in [-0.4, -0.2) is 271 Å². The lowest BCUT2D eigenvalue weighted by Crippen LogP contribution is -2.44. The average molecular weight is 2230 g/mol.